The lowest BCUT2D eigenvalue weighted by molar-refractivity contribution is 0.101. The van der Waals surface area contributed by atoms with E-state index in [1.165, 1.54) is 25.7 Å². The van der Waals surface area contributed by atoms with E-state index in [-0.39, 0.29) is 0 Å². The molecule has 1 aromatic carbocycles. The summed E-state index contributed by atoms with van der Waals surface area (Å²) in [6.45, 7) is 3.04. The number of fused-ring (bicyclic) bond motifs is 2. The Hall–Kier alpha value is -0.910. The van der Waals surface area contributed by atoms with Crippen molar-refractivity contribution in [1.82, 2.24) is 9.21 Å². The number of benzene rings is 1. The lowest BCUT2D eigenvalue weighted by Crippen LogP contribution is -2.53. The van der Waals surface area contributed by atoms with Crippen molar-refractivity contribution in [2.24, 2.45) is 11.8 Å². The van der Waals surface area contributed by atoms with E-state index in [1.54, 1.807) is 28.6 Å². The van der Waals surface area contributed by atoms with Gasteiger partial charge in [0, 0.05) is 32.2 Å². The Morgan fingerprint density at radius 3 is 2.23 bits per heavy atom. The van der Waals surface area contributed by atoms with E-state index >= 15 is 0 Å². The zero-order valence-corrected chi connectivity index (χ0v) is 13.7. The van der Waals surface area contributed by atoms with Crippen LogP contribution < -0.4 is 0 Å². The van der Waals surface area contributed by atoms with E-state index in [9.17, 15) is 8.42 Å². The quantitative estimate of drug-likeness (QED) is 0.857. The first-order chi connectivity index (χ1) is 10.6. The van der Waals surface area contributed by atoms with Crippen molar-refractivity contribution in [3.63, 3.8) is 0 Å². The summed E-state index contributed by atoms with van der Waals surface area (Å²) in [6.07, 6.45) is 5.56. The van der Waals surface area contributed by atoms with Gasteiger partial charge in [-0.15, -0.1) is 0 Å². The van der Waals surface area contributed by atoms with Crippen LogP contribution in [0, 0.1) is 11.8 Å². The number of sulfonamides is 1. The second-order valence-corrected chi connectivity index (χ2v) is 8.93. The summed E-state index contributed by atoms with van der Waals surface area (Å²) in [6, 6.07) is 9.54. The van der Waals surface area contributed by atoms with Gasteiger partial charge in [0.1, 0.15) is 0 Å². The number of hydrogen-bond acceptors (Lipinski definition) is 3. The van der Waals surface area contributed by atoms with Gasteiger partial charge in [-0.3, -0.25) is 4.90 Å². The fraction of sp³-hybridized carbons (Fsp3) is 0.647. The third-order valence-electron chi connectivity index (χ3n) is 5.82. The zero-order chi connectivity index (χ0) is 15.2. The molecule has 3 unspecified atom stereocenters. The molecule has 1 aliphatic heterocycles. The van der Waals surface area contributed by atoms with Gasteiger partial charge in [-0.05, 0) is 43.2 Å². The van der Waals surface area contributed by atoms with Crippen molar-refractivity contribution in [2.45, 2.75) is 36.6 Å². The number of rotatable bonds is 3. The first-order valence-corrected chi connectivity index (χ1v) is 9.88. The minimum absolute atomic E-state index is 0.420. The van der Waals surface area contributed by atoms with Crippen molar-refractivity contribution in [1.29, 1.82) is 0 Å². The highest BCUT2D eigenvalue weighted by Crippen LogP contribution is 2.46. The molecule has 4 rings (SSSR count). The van der Waals surface area contributed by atoms with Gasteiger partial charge >= 0.3 is 0 Å². The highest BCUT2D eigenvalue weighted by Gasteiger charge is 2.43. The molecule has 3 aliphatic rings. The van der Waals surface area contributed by atoms with Crippen LogP contribution >= 0.6 is 0 Å². The smallest absolute Gasteiger partial charge is 0.243 e. The maximum absolute atomic E-state index is 12.7. The van der Waals surface area contributed by atoms with Crippen molar-refractivity contribution in [2.75, 3.05) is 26.2 Å². The standard InChI is InChI=1S/C17H24N2O2S/c20-22(21,16-4-2-1-3-5-16)19-10-8-18(9-11-19)17-13-14-6-7-15(17)12-14/h1-5,14-15,17H,6-13H2. The molecule has 2 aliphatic carbocycles. The number of nitrogens with zero attached hydrogens (tertiary/aromatic N) is 2. The largest absolute Gasteiger partial charge is 0.297 e. The van der Waals surface area contributed by atoms with Gasteiger partial charge in [0.25, 0.3) is 0 Å². The molecule has 2 bridgehead atoms. The second kappa shape index (κ2) is 5.62. The molecule has 0 radical (unpaired) electrons. The van der Waals surface area contributed by atoms with Crippen LogP contribution in [0.15, 0.2) is 35.2 Å². The molecule has 3 atom stereocenters. The molecule has 2 saturated carbocycles. The molecule has 4 nitrogen and oxygen atoms in total. The molecular weight excluding hydrogens is 296 g/mol. The van der Waals surface area contributed by atoms with E-state index in [1.807, 2.05) is 6.07 Å². The zero-order valence-electron chi connectivity index (χ0n) is 12.9. The van der Waals surface area contributed by atoms with Crippen molar-refractivity contribution in [3.05, 3.63) is 30.3 Å². The summed E-state index contributed by atoms with van der Waals surface area (Å²) >= 11 is 0. The summed E-state index contributed by atoms with van der Waals surface area (Å²) in [5, 5.41) is 0. The topological polar surface area (TPSA) is 40.6 Å². The third kappa shape index (κ3) is 2.49. The van der Waals surface area contributed by atoms with Crippen LogP contribution in [-0.2, 0) is 10.0 Å². The molecule has 5 heteroatoms. The minimum Gasteiger partial charge on any atom is -0.297 e. The van der Waals surface area contributed by atoms with Crippen LogP contribution in [0.1, 0.15) is 25.7 Å². The van der Waals surface area contributed by atoms with Crippen LogP contribution in [0.4, 0.5) is 0 Å². The van der Waals surface area contributed by atoms with Crippen LogP contribution in [0.5, 0.6) is 0 Å². The van der Waals surface area contributed by atoms with E-state index < -0.39 is 10.0 Å². The Morgan fingerprint density at radius 1 is 0.909 bits per heavy atom. The number of piperazine rings is 1. The molecule has 3 fully saturated rings. The Morgan fingerprint density at radius 2 is 1.64 bits per heavy atom. The van der Waals surface area contributed by atoms with Gasteiger partial charge in [-0.1, -0.05) is 24.6 Å². The fourth-order valence-corrected chi connectivity index (χ4v) is 6.12. The highest BCUT2D eigenvalue weighted by molar-refractivity contribution is 7.89. The van der Waals surface area contributed by atoms with Crippen LogP contribution in [0.2, 0.25) is 0 Å². The molecule has 0 amide bonds. The molecule has 0 spiro atoms. The first-order valence-electron chi connectivity index (χ1n) is 8.44. The Kier molecular flexibility index (Phi) is 3.75. The Balaban J connectivity index is 1.42. The van der Waals surface area contributed by atoms with Crippen molar-refractivity contribution >= 4 is 10.0 Å². The molecule has 1 aromatic rings. The summed E-state index contributed by atoms with van der Waals surface area (Å²) in [7, 11) is -3.31. The minimum atomic E-state index is -3.31. The Labute approximate surface area is 133 Å². The molecular formula is C17H24N2O2S. The SMILES string of the molecule is O=S(=O)(c1ccccc1)N1CCN(C2CC3CCC2C3)CC1. The van der Waals surface area contributed by atoms with Crippen molar-refractivity contribution < 1.29 is 8.42 Å². The highest BCUT2D eigenvalue weighted by atomic mass is 32.2. The van der Waals surface area contributed by atoms with E-state index in [0.29, 0.717) is 18.0 Å². The summed E-state index contributed by atoms with van der Waals surface area (Å²) in [5.74, 6) is 1.82. The van der Waals surface area contributed by atoms with Gasteiger partial charge in [-0.2, -0.15) is 4.31 Å². The van der Waals surface area contributed by atoms with Crippen molar-refractivity contribution in [3.8, 4) is 0 Å². The molecule has 1 heterocycles. The normalized spacial score (nSPS) is 33.4. The predicted molar refractivity (Wildman–Crippen MR) is 86.0 cm³/mol. The van der Waals surface area contributed by atoms with Gasteiger partial charge < -0.3 is 0 Å². The number of hydrogen-bond donors (Lipinski definition) is 0. The molecule has 0 aromatic heterocycles. The lowest BCUT2D eigenvalue weighted by Gasteiger charge is -2.40. The molecule has 120 valence electrons. The predicted octanol–water partition coefficient (Wildman–Crippen LogP) is 2.18. The summed E-state index contributed by atoms with van der Waals surface area (Å²) in [4.78, 5) is 2.98. The maximum atomic E-state index is 12.7. The summed E-state index contributed by atoms with van der Waals surface area (Å²) in [5.41, 5.74) is 0. The monoisotopic (exact) mass is 320 g/mol. The van der Waals surface area contributed by atoms with Gasteiger partial charge in [0.2, 0.25) is 10.0 Å². The van der Waals surface area contributed by atoms with Gasteiger partial charge in [0.15, 0.2) is 0 Å². The molecule has 0 N–H and O–H groups in total. The van der Waals surface area contributed by atoms with Crippen LogP contribution in [-0.4, -0.2) is 49.8 Å². The van der Waals surface area contributed by atoms with Gasteiger partial charge in [0.05, 0.1) is 4.90 Å². The van der Waals surface area contributed by atoms with E-state index in [4.69, 9.17) is 0 Å². The average Bonchev–Trinajstić information content (AvgIpc) is 3.19. The maximum Gasteiger partial charge on any atom is 0.243 e. The van der Waals surface area contributed by atoms with Gasteiger partial charge in [-0.25, -0.2) is 8.42 Å². The lowest BCUT2D eigenvalue weighted by atomic mass is 9.93. The van der Waals surface area contributed by atoms with Crippen LogP contribution in [0.3, 0.4) is 0 Å². The second-order valence-electron chi connectivity index (χ2n) is 7.00. The average molecular weight is 320 g/mol. The van der Waals surface area contributed by atoms with E-state index in [0.717, 1.165) is 31.0 Å². The van der Waals surface area contributed by atoms with E-state index in [2.05, 4.69) is 4.90 Å². The van der Waals surface area contributed by atoms with Crippen LogP contribution in [0.25, 0.3) is 0 Å². The Bertz CT molecular complexity index is 623. The molecule has 1 saturated heterocycles. The molecule has 22 heavy (non-hydrogen) atoms. The third-order valence-corrected chi connectivity index (χ3v) is 7.74. The summed E-state index contributed by atoms with van der Waals surface area (Å²) < 4.78 is 27.0. The fourth-order valence-electron chi connectivity index (χ4n) is 4.68. The first kappa shape index (κ1) is 14.7.